The van der Waals surface area contributed by atoms with Crippen LogP contribution < -0.4 is 10.7 Å². The summed E-state index contributed by atoms with van der Waals surface area (Å²) in [6.45, 7) is 3.93. The molecule has 0 aliphatic carbocycles. The van der Waals surface area contributed by atoms with Crippen molar-refractivity contribution in [2.45, 2.75) is 31.6 Å². The number of piperidine rings is 1. The number of hydrazone groups is 1. The summed E-state index contributed by atoms with van der Waals surface area (Å²) in [5.41, 5.74) is 4.98. The largest absolute Gasteiger partial charge is 0.326 e. The number of anilines is 1. The number of aryl methyl sites for hydroxylation is 1. The SMILES string of the molecule is CC(=O)Nc1ccc(/C=N\NC(=O)C2CCN(S(=O)(=O)c3ccc(C)cc3)CC2)cc1. The number of amides is 2. The minimum atomic E-state index is -3.55. The third kappa shape index (κ3) is 5.99. The van der Waals surface area contributed by atoms with E-state index in [4.69, 9.17) is 0 Å². The van der Waals surface area contributed by atoms with E-state index in [1.54, 1.807) is 48.5 Å². The number of sulfonamides is 1. The third-order valence-corrected chi connectivity index (χ3v) is 7.02. The molecule has 0 unspecified atom stereocenters. The van der Waals surface area contributed by atoms with E-state index < -0.39 is 10.0 Å². The van der Waals surface area contributed by atoms with Crippen molar-refractivity contribution in [1.29, 1.82) is 0 Å². The van der Waals surface area contributed by atoms with Gasteiger partial charge in [-0.3, -0.25) is 9.59 Å². The number of hydrogen-bond acceptors (Lipinski definition) is 5. The molecule has 31 heavy (non-hydrogen) atoms. The van der Waals surface area contributed by atoms with Gasteiger partial charge in [0, 0.05) is 31.6 Å². The Morgan fingerprint density at radius 3 is 2.23 bits per heavy atom. The molecular weight excluding hydrogens is 416 g/mol. The van der Waals surface area contributed by atoms with Gasteiger partial charge in [0.05, 0.1) is 11.1 Å². The van der Waals surface area contributed by atoms with Crippen molar-refractivity contribution in [3.63, 3.8) is 0 Å². The van der Waals surface area contributed by atoms with Gasteiger partial charge in [0.2, 0.25) is 21.8 Å². The van der Waals surface area contributed by atoms with Crippen molar-refractivity contribution < 1.29 is 18.0 Å². The van der Waals surface area contributed by atoms with Gasteiger partial charge in [-0.25, -0.2) is 13.8 Å². The second-order valence-electron chi connectivity index (χ2n) is 7.53. The molecule has 0 radical (unpaired) electrons. The number of benzene rings is 2. The number of rotatable bonds is 6. The Bertz CT molecular complexity index is 1060. The summed E-state index contributed by atoms with van der Waals surface area (Å²) in [6, 6.07) is 13.8. The van der Waals surface area contributed by atoms with Crippen molar-refractivity contribution in [3.05, 3.63) is 59.7 Å². The van der Waals surface area contributed by atoms with Crippen LogP contribution in [0.15, 0.2) is 58.5 Å². The third-order valence-electron chi connectivity index (χ3n) is 5.10. The van der Waals surface area contributed by atoms with Crippen LogP contribution in [-0.4, -0.2) is 43.8 Å². The van der Waals surface area contributed by atoms with Crippen LogP contribution >= 0.6 is 0 Å². The predicted molar refractivity (Wildman–Crippen MR) is 119 cm³/mol. The molecule has 8 nitrogen and oxygen atoms in total. The molecule has 0 aromatic heterocycles. The maximum atomic E-state index is 12.8. The summed E-state index contributed by atoms with van der Waals surface area (Å²) in [5.74, 6) is -0.659. The molecule has 0 saturated carbocycles. The van der Waals surface area contributed by atoms with E-state index in [2.05, 4.69) is 15.8 Å². The zero-order chi connectivity index (χ0) is 22.4. The summed E-state index contributed by atoms with van der Waals surface area (Å²) in [5, 5.41) is 6.66. The lowest BCUT2D eigenvalue weighted by Gasteiger charge is -2.30. The molecule has 1 saturated heterocycles. The fourth-order valence-electron chi connectivity index (χ4n) is 3.34. The maximum Gasteiger partial charge on any atom is 0.243 e. The average molecular weight is 443 g/mol. The summed E-state index contributed by atoms with van der Waals surface area (Å²) >= 11 is 0. The molecule has 1 fully saturated rings. The summed E-state index contributed by atoms with van der Waals surface area (Å²) < 4.78 is 27.0. The van der Waals surface area contributed by atoms with E-state index in [9.17, 15) is 18.0 Å². The fourth-order valence-corrected chi connectivity index (χ4v) is 4.80. The van der Waals surface area contributed by atoms with Crippen LogP contribution in [0, 0.1) is 12.8 Å². The van der Waals surface area contributed by atoms with Gasteiger partial charge >= 0.3 is 0 Å². The Morgan fingerprint density at radius 2 is 1.65 bits per heavy atom. The summed E-state index contributed by atoms with van der Waals surface area (Å²) in [4.78, 5) is 23.7. The number of carbonyl (C=O) groups is 2. The molecule has 2 aromatic carbocycles. The first-order valence-corrected chi connectivity index (χ1v) is 11.5. The van der Waals surface area contributed by atoms with Gasteiger partial charge in [-0.1, -0.05) is 29.8 Å². The van der Waals surface area contributed by atoms with Gasteiger partial charge < -0.3 is 5.32 Å². The molecule has 1 heterocycles. The van der Waals surface area contributed by atoms with Gasteiger partial charge in [-0.15, -0.1) is 0 Å². The Balaban J connectivity index is 1.50. The molecule has 2 aromatic rings. The molecule has 9 heteroatoms. The van der Waals surface area contributed by atoms with E-state index in [0.717, 1.165) is 11.1 Å². The second-order valence-corrected chi connectivity index (χ2v) is 9.47. The number of nitrogens with one attached hydrogen (secondary N) is 2. The zero-order valence-electron chi connectivity index (χ0n) is 17.5. The van der Waals surface area contributed by atoms with Crippen molar-refractivity contribution in [2.24, 2.45) is 11.0 Å². The Labute approximate surface area is 182 Å². The molecule has 164 valence electrons. The molecule has 1 aliphatic heterocycles. The zero-order valence-corrected chi connectivity index (χ0v) is 18.4. The summed E-state index contributed by atoms with van der Waals surface area (Å²) in [7, 11) is -3.55. The topological polar surface area (TPSA) is 108 Å². The minimum absolute atomic E-state index is 0.147. The first-order valence-electron chi connectivity index (χ1n) is 10.0. The van der Waals surface area contributed by atoms with E-state index in [1.807, 2.05) is 6.92 Å². The lowest BCUT2D eigenvalue weighted by atomic mass is 9.98. The highest BCUT2D eigenvalue weighted by molar-refractivity contribution is 7.89. The smallest absolute Gasteiger partial charge is 0.243 e. The molecule has 1 aliphatic rings. The van der Waals surface area contributed by atoms with Crippen LogP contribution in [0.1, 0.15) is 30.9 Å². The number of carbonyl (C=O) groups excluding carboxylic acids is 2. The first-order chi connectivity index (χ1) is 14.8. The lowest BCUT2D eigenvalue weighted by Crippen LogP contribution is -2.42. The molecule has 2 amide bonds. The van der Waals surface area contributed by atoms with E-state index in [1.165, 1.54) is 17.4 Å². The standard InChI is InChI=1S/C22H26N4O4S/c1-16-3-9-21(10-4-16)31(29,30)26-13-11-19(12-14-26)22(28)25-23-15-18-5-7-20(8-6-18)24-17(2)27/h3-10,15,19H,11-14H2,1-2H3,(H,24,27)(H,25,28)/b23-15-. The van der Waals surface area contributed by atoms with Gasteiger partial charge in [-0.05, 0) is 49.6 Å². The van der Waals surface area contributed by atoms with E-state index in [0.29, 0.717) is 31.6 Å². The van der Waals surface area contributed by atoms with Crippen LogP contribution in [0.5, 0.6) is 0 Å². The molecule has 0 bridgehead atoms. The number of nitrogens with zero attached hydrogens (tertiary/aromatic N) is 2. The lowest BCUT2D eigenvalue weighted by molar-refractivity contribution is -0.126. The van der Waals surface area contributed by atoms with Crippen molar-refractivity contribution >= 4 is 33.7 Å². The minimum Gasteiger partial charge on any atom is -0.326 e. The maximum absolute atomic E-state index is 12.8. The summed E-state index contributed by atoms with van der Waals surface area (Å²) in [6.07, 6.45) is 2.40. The molecule has 3 rings (SSSR count). The number of hydrogen-bond donors (Lipinski definition) is 2. The first kappa shape index (κ1) is 22.6. The molecule has 0 spiro atoms. The molecular formula is C22H26N4O4S. The van der Waals surface area contributed by atoms with Gasteiger partial charge in [0.1, 0.15) is 0 Å². The highest BCUT2D eigenvalue weighted by Gasteiger charge is 2.31. The van der Waals surface area contributed by atoms with Crippen LogP contribution in [-0.2, 0) is 19.6 Å². The van der Waals surface area contributed by atoms with Crippen LogP contribution in [0.3, 0.4) is 0 Å². The van der Waals surface area contributed by atoms with Gasteiger partial charge in [-0.2, -0.15) is 9.41 Å². The second kappa shape index (κ2) is 9.84. The van der Waals surface area contributed by atoms with Crippen molar-refractivity contribution in [2.75, 3.05) is 18.4 Å². The van der Waals surface area contributed by atoms with Crippen LogP contribution in [0.25, 0.3) is 0 Å². The van der Waals surface area contributed by atoms with Crippen LogP contribution in [0.4, 0.5) is 5.69 Å². The Hall–Kier alpha value is -3.04. The quantitative estimate of drug-likeness (QED) is 0.529. The van der Waals surface area contributed by atoms with Crippen molar-refractivity contribution in [1.82, 2.24) is 9.73 Å². The van der Waals surface area contributed by atoms with E-state index >= 15 is 0 Å². The van der Waals surface area contributed by atoms with Crippen molar-refractivity contribution in [3.8, 4) is 0 Å². The molecule has 2 N–H and O–H groups in total. The molecule has 0 atom stereocenters. The normalized spacial score (nSPS) is 15.7. The van der Waals surface area contributed by atoms with Gasteiger partial charge in [0.15, 0.2) is 0 Å². The average Bonchev–Trinajstić information content (AvgIpc) is 2.75. The Kier molecular flexibility index (Phi) is 7.19. The predicted octanol–water partition coefficient (Wildman–Crippen LogP) is 2.50. The fraction of sp³-hybridized carbons (Fsp3) is 0.318. The van der Waals surface area contributed by atoms with Gasteiger partial charge in [0.25, 0.3) is 0 Å². The highest BCUT2D eigenvalue weighted by atomic mass is 32.2. The monoisotopic (exact) mass is 442 g/mol. The van der Waals surface area contributed by atoms with Crippen LogP contribution in [0.2, 0.25) is 0 Å². The highest BCUT2D eigenvalue weighted by Crippen LogP contribution is 2.24. The Morgan fingerprint density at radius 1 is 1.03 bits per heavy atom. The van der Waals surface area contributed by atoms with E-state index in [-0.39, 0.29) is 22.6 Å².